The van der Waals surface area contributed by atoms with Gasteiger partial charge in [0.2, 0.25) is 5.91 Å². The third kappa shape index (κ3) is 4.23. The van der Waals surface area contributed by atoms with Crippen LogP contribution in [0.3, 0.4) is 0 Å². The van der Waals surface area contributed by atoms with Crippen molar-refractivity contribution in [1.82, 2.24) is 10.1 Å². The summed E-state index contributed by atoms with van der Waals surface area (Å²) in [4.78, 5) is 13.6. The number of carbonyl (C=O) groups excluding carboxylic acids is 1. The summed E-state index contributed by atoms with van der Waals surface area (Å²) in [5, 5.41) is 7.06. The highest BCUT2D eigenvalue weighted by Gasteiger charge is 2.25. The molecule has 0 aliphatic carbocycles. The second kappa shape index (κ2) is 7.62. The molecule has 5 heteroatoms. The van der Waals surface area contributed by atoms with Crippen LogP contribution in [-0.2, 0) is 11.3 Å². The van der Waals surface area contributed by atoms with Crippen molar-refractivity contribution in [2.24, 2.45) is 0 Å². The van der Waals surface area contributed by atoms with Gasteiger partial charge in [0.1, 0.15) is 11.5 Å². The molecule has 1 aliphatic rings. The molecule has 0 spiro atoms. The average Bonchev–Trinajstić information content (AvgIpc) is 2.84. The van der Waals surface area contributed by atoms with Crippen molar-refractivity contribution in [1.29, 1.82) is 0 Å². The summed E-state index contributed by atoms with van der Waals surface area (Å²) in [7, 11) is 0. The van der Waals surface area contributed by atoms with Gasteiger partial charge in [-0.1, -0.05) is 30.1 Å². The zero-order chi connectivity index (χ0) is 16.9. The number of benzene rings is 1. The normalized spacial score (nSPS) is 19.0. The number of amides is 1. The predicted octanol–water partition coefficient (Wildman–Crippen LogP) is 4.06. The summed E-state index contributed by atoms with van der Waals surface area (Å²) in [6.07, 6.45) is 4.84. The first kappa shape index (κ1) is 16.7. The van der Waals surface area contributed by atoms with Gasteiger partial charge in [0.15, 0.2) is 0 Å². The van der Waals surface area contributed by atoms with E-state index >= 15 is 0 Å². The van der Waals surface area contributed by atoms with Gasteiger partial charge in [0.25, 0.3) is 0 Å². The van der Waals surface area contributed by atoms with Gasteiger partial charge < -0.3 is 9.84 Å². The van der Waals surface area contributed by atoms with E-state index in [0.717, 1.165) is 36.7 Å². The highest BCUT2D eigenvalue weighted by molar-refractivity contribution is 5.88. The summed E-state index contributed by atoms with van der Waals surface area (Å²) in [6, 6.07) is 10.5. The lowest BCUT2D eigenvalue weighted by Gasteiger charge is -2.28. The van der Waals surface area contributed by atoms with Gasteiger partial charge in [0.05, 0.1) is 6.04 Å². The summed E-state index contributed by atoms with van der Waals surface area (Å²) in [6.45, 7) is 5.43. The molecule has 1 aromatic heterocycles. The molecule has 0 saturated carbocycles. The molecule has 1 fully saturated rings. The quantitative estimate of drug-likeness (QED) is 0.920. The highest BCUT2D eigenvalue weighted by Crippen LogP contribution is 2.31. The molecule has 2 aromatic rings. The Balaban J connectivity index is 1.73. The Morgan fingerprint density at radius 2 is 2.08 bits per heavy atom. The van der Waals surface area contributed by atoms with Crippen LogP contribution in [0.25, 0.3) is 0 Å². The third-order valence-electron chi connectivity index (χ3n) is 4.51. The minimum atomic E-state index is -0.0447. The van der Waals surface area contributed by atoms with Crippen molar-refractivity contribution in [3.63, 3.8) is 0 Å². The number of rotatable bonds is 4. The van der Waals surface area contributed by atoms with Crippen molar-refractivity contribution in [2.45, 2.75) is 52.1 Å². The van der Waals surface area contributed by atoms with Crippen LogP contribution in [0.4, 0.5) is 5.69 Å². The maximum Gasteiger partial charge on any atom is 0.221 e. The van der Waals surface area contributed by atoms with Gasteiger partial charge >= 0.3 is 0 Å². The number of aryl methyl sites for hydroxylation is 1. The van der Waals surface area contributed by atoms with Crippen LogP contribution in [0, 0.1) is 6.92 Å². The first-order valence-electron chi connectivity index (χ1n) is 8.65. The lowest BCUT2D eigenvalue weighted by Crippen LogP contribution is -2.28. The van der Waals surface area contributed by atoms with Gasteiger partial charge in [-0.15, -0.1) is 0 Å². The summed E-state index contributed by atoms with van der Waals surface area (Å²) in [5.74, 6) is 0.825. The second-order valence-corrected chi connectivity index (χ2v) is 6.58. The molecule has 0 radical (unpaired) electrons. The van der Waals surface area contributed by atoms with Gasteiger partial charge in [-0.25, -0.2) is 0 Å². The van der Waals surface area contributed by atoms with Gasteiger partial charge in [-0.3, -0.25) is 9.69 Å². The Bertz CT molecular complexity index is 678. The Morgan fingerprint density at radius 3 is 2.75 bits per heavy atom. The maximum absolute atomic E-state index is 11.1. The van der Waals surface area contributed by atoms with Crippen molar-refractivity contribution >= 4 is 11.6 Å². The maximum atomic E-state index is 11.1. The molecule has 1 saturated heterocycles. The van der Waals surface area contributed by atoms with E-state index in [4.69, 9.17) is 4.52 Å². The standard InChI is InChI=1S/C19H25N3O2/c1-14-12-18(21-24-14)19-6-4-3-5-11-22(19)13-16-7-9-17(10-8-16)20-15(2)23/h7-10,12,19H,3-6,11,13H2,1-2H3,(H,20,23)/t19-/m1/s1. The van der Waals surface area contributed by atoms with E-state index < -0.39 is 0 Å². The molecule has 1 N–H and O–H groups in total. The highest BCUT2D eigenvalue weighted by atomic mass is 16.5. The fourth-order valence-electron chi connectivity index (χ4n) is 3.37. The van der Waals surface area contributed by atoms with Crippen molar-refractivity contribution in [2.75, 3.05) is 11.9 Å². The Morgan fingerprint density at radius 1 is 1.29 bits per heavy atom. The van der Waals surface area contributed by atoms with E-state index in [0.29, 0.717) is 6.04 Å². The number of hydrogen-bond acceptors (Lipinski definition) is 4. The Kier molecular flexibility index (Phi) is 5.30. The first-order valence-corrected chi connectivity index (χ1v) is 8.65. The van der Waals surface area contributed by atoms with Crippen molar-refractivity contribution < 1.29 is 9.32 Å². The predicted molar refractivity (Wildman–Crippen MR) is 93.6 cm³/mol. The molecule has 1 amide bonds. The number of anilines is 1. The van der Waals surface area contributed by atoms with Gasteiger partial charge in [0, 0.05) is 25.2 Å². The molecule has 1 aliphatic heterocycles. The molecule has 0 bridgehead atoms. The SMILES string of the molecule is CC(=O)Nc1ccc(CN2CCCCC[C@@H]2c2cc(C)on2)cc1. The van der Waals surface area contributed by atoms with Crippen LogP contribution >= 0.6 is 0 Å². The molecule has 3 rings (SSSR count). The number of carbonyl (C=O) groups is 1. The zero-order valence-electron chi connectivity index (χ0n) is 14.4. The fraction of sp³-hybridized carbons (Fsp3) is 0.474. The smallest absolute Gasteiger partial charge is 0.221 e. The molecular weight excluding hydrogens is 302 g/mol. The third-order valence-corrected chi connectivity index (χ3v) is 4.51. The van der Waals surface area contributed by atoms with Crippen molar-refractivity contribution in [3.8, 4) is 0 Å². The second-order valence-electron chi connectivity index (χ2n) is 6.58. The van der Waals surface area contributed by atoms with Gasteiger partial charge in [-0.05, 0) is 44.0 Å². The van der Waals surface area contributed by atoms with E-state index in [2.05, 4.69) is 33.6 Å². The number of likely N-dealkylation sites (tertiary alicyclic amines) is 1. The van der Waals surface area contributed by atoms with Crippen molar-refractivity contribution in [3.05, 3.63) is 47.3 Å². The Labute approximate surface area is 143 Å². The molecular formula is C19H25N3O2. The molecule has 1 aromatic carbocycles. The van der Waals surface area contributed by atoms with E-state index in [1.807, 2.05) is 19.1 Å². The lowest BCUT2D eigenvalue weighted by atomic mass is 10.1. The number of nitrogens with one attached hydrogen (secondary N) is 1. The van der Waals surface area contributed by atoms with Crippen LogP contribution < -0.4 is 5.32 Å². The zero-order valence-corrected chi connectivity index (χ0v) is 14.4. The van der Waals surface area contributed by atoms with Crippen LogP contribution in [-0.4, -0.2) is 22.5 Å². The van der Waals surface area contributed by atoms with Gasteiger partial charge in [-0.2, -0.15) is 0 Å². The van der Waals surface area contributed by atoms with Crippen LogP contribution in [0.2, 0.25) is 0 Å². The van der Waals surface area contributed by atoms with Crippen LogP contribution in [0.15, 0.2) is 34.9 Å². The largest absolute Gasteiger partial charge is 0.361 e. The minimum absolute atomic E-state index is 0.0447. The van der Waals surface area contributed by atoms with E-state index in [1.165, 1.54) is 31.7 Å². The monoisotopic (exact) mass is 327 g/mol. The minimum Gasteiger partial charge on any atom is -0.361 e. The van der Waals surface area contributed by atoms with E-state index in [-0.39, 0.29) is 5.91 Å². The topological polar surface area (TPSA) is 58.4 Å². The van der Waals surface area contributed by atoms with E-state index in [1.54, 1.807) is 0 Å². The molecule has 0 unspecified atom stereocenters. The molecule has 5 nitrogen and oxygen atoms in total. The molecule has 1 atom stereocenters. The fourth-order valence-corrected chi connectivity index (χ4v) is 3.37. The van der Waals surface area contributed by atoms with E-state index in [9.17, 15) is 4.79 Å². The summed E-state index contributed by atoms with van der Waals surface area (Å²) < 4.78 is 5.29. The molecule has 128 valence electrons. The molecule has 24 heavy (non-hydrogen) atoms. The number of aromatic nitrogens is 1. The number of nitrogens with zero attached hydrogens (tertiary/aromatic N) is 2. The molecule has 2 heterocycles. The Hall–Kier alpha value is -2.14. The lowest BCUT2D eigenvalue weighted by molar-refractivity contribution is -0.114. The van der Waals surface area contributed by atoms with Crippen LogP contribution in [0.5, 0.6) is 0 Å². The first-order chi connectivity index (χ1) is 11.6. The van der Waals surface area contributed by atoms with Crippen LogP contribution in [0.1, 0.15) is 55.7 Å². The average molecular weight is 327 g/mol. The summed E-state index contributed by atoms with van der Waals surface area (Å²) >= 11 is 0. The summed E-state index contributed by atoms with van der Waals surface area (Å²) in [5.41, 5.74) is 3.13. The number of hydrogen-bond donors (Lipinski definition) is 1.